The Labute approximate surface area is 149 Å². The monoisotopic (exact) mass is 360 g/mol. The Morgan fingerprint density at radius 1 is 1.00 bits per heavy atom. The third kappa shape index (κ3) is 3.28. The van der Waals surface area contributed by atoms with E-state index in [1.807, 2.05) is 0 Å². The molecule has 1 heterocycles. The summed E-state index contributed by atoms with van der Waals surface area (Å²) in [6.07, 6.45) is 1.13. The van der Waals surface area contributed by atoms with E-state index < -0.39 is 11.6 Å². The molecule has 0 amide bonds. The van der Waals surface area contributed by atoms with Crippen molar-refractivity contribution in [3.05, 3.63) is 47.3 Å². The summed E-state index contributed by atoms with van der Waals surface area (Å²) in [7, 11) is 4.29. The fraction of sp³-hybridized carbons (Fsp3) is 0.211. The first kappa shape index (κ1) is 17.6. The second-order valence-corrected chi connectivity index (χ2v) is 5.35. The van der Waals surface area contributed by atoms with Crippen LogP contribution in [0.1, 0.15) is 15.9 Å². The Morgan fingerprint density at radius 3 is 2.27 bits per heavy atom. The molecule has 6 nitrogen and oxygen atoms in total. The number of hydrogen-bond donors (Lipinski definition) is 0. The van der Waals surface area contributed by atoms with E-state index in [4.69, 9.17) is 23.7 Å². The molecule has 2 aromatic carbocycles. The second-order valence-electron chi connectivity index (χ2n) is 5.35. The molecule has 0 radical (unpaired) electrons. The van der Waals surface area contributed by atoms with Crippen molar-refractivity contribution >= 4 is 11.9 Å². The molecule has 0 atom stereocenters. The van der Waals surface area contributed by atoms with Crippen molar-refractivity contribution in [1.29, 1.82) is 0 Å². The van der Waals surface area contributed by atoms with Gasteiger partial charge in [-0.05, 0) is 35.9 Å². The van der Waals surface area contributed by atoms with Crippen LogP contribution >= 0.6 is 0 Å². The summed E-state index contributed by atoms with van der Waals surface area (Å²) in [4.78, 5) is 12.5. The van der Waals surface area contributed by atoms with Crippen molar-refractivity contribution in [1.82, 2.24) is 0 Å². The summed E-state index contributed by atoms with van der Waals surface area (Å²) in [5.74, 6) is 0.217. The first-order valence-corrected chi connectivity index (χ1v) is 7.69. The maximum Gasteiger partial charge on any atom is 0.231 e. The van der Waals surface area contributed by atoms with Crippen LogP contribution in [0.25, 0.3) is 6.08 Å². The zero-order valence-corrected chi connectivity index (χ0v) is 14.5. The van der Waals surface area contributed by atoms with Crippen LogP contribution in [0.15, 0.2) is 36.2 Å². The number of fused-ring (bicyclic) bond motifs is 1. The van der Waals surface area contributed by atoms with E-state index in [9.17, 15) is 9.18 Å². The van der Waals surface area contributed by atoms with Crippen LogP contribution in [-0.4, -0.2) is 33.9 Å². The highest BCUT2D eigenvalue weighted by Crippen LogP contribution is 2.39. The standard InChI is InChI=1S/C19H17FO6/c1-22-16-8-12(9-17(23-2)19(16)24-3)18(21)13(20)6-11-4-5-14-15(7-11)26-10-25-14/h4-9H,10H2,1-3H3/b13-6-. The summed E-state index contributed by atoms with van der Waals surface area (Å²) in [5.41, 5.74) is 0.557. The molecule has 0 spiro atoms. The van der Waals surface area contributed by atoms with E-state index in [0.29, 0.717) is 22.8 Å². The molecule has 3 rings (SSSR count). The zero-order valence-electron chi connectivity index (χ0n) is 14.5. The van der Waals surface area contributed by atoms with E-state index in [-0.39, 0.29) is 23.9 Å². The second kappa shape index (κ2) is 7.35. The molecule has 1 aliphatic rings. The molecule has 0 N–H and O–H groups in total. The summed E-state index contributed by atoms with van der Waals surface area (Å²) < 4.78 is 40.5. The van der Waals surface area contributed by atoms with Crippen molar-refractivity contribution in [2.75, 3.05) is 28.1 Å². The predicted molar refractivity (Wildman–Crippen MR) is 92.1 cm³/mol. The molecule has 7 heteroatoms. The number of carbonyl (C=O) groups excluding carboxylic acids is 1. The average Bonchev–Trinajstić information content (AvgIpc) is 3.13. The number of ether oxygens (including phenoxy) is 5. The summed E-state index contributed by atoms with van der Waals surface area (Å²) >= 11 is 0. The molecule has 0 aromatic heterocycles. The predicted octanol–water partition coefficient (Wildman–Crippen LogP) is 3.63. The third-order valence-electron chi connectivity index (χ3n) is 3.83. The number of ketones is 1. The highest BCUT2D eigenvalue weighted by Gasteiger charge is 2.20. The zero-order chi connectivity index (χ0) is 18.7. The van der Waals surface area contributed by atoms with Gasteiger partial charge >= 0.3 is 0 Å². The number of rotatable bonds is 6. The van der Waals surface area contributed by atoms with Crippen LogP contribution in [0.2, 0.25) is 0 Å². The first-order chi connectivity index (χ1) is 12.6. The van der Waals surface area contributed by atoms with Crippen molar-refractivity contribution in [3.63, 3.8) is 0 Å². The average molecular weight is 360 g/mol. The van der Waals surface area contributed by atoms with E-state index in [1.54, 1.807) is 18.2 Å². The van der Waals surface area contributed by atoms with Crippen LogP contribution in [-0.2, 0) is 0 Å². The molecule has 0 fully saturated rings. The lowest BCUT2D eigenvalue weighted by Gasteiger charge is -2.13. The molecule has 2 aromatic rings. The van der Waals surface area contributed by atoms with Crippen LogP contribution in [0.4, 0.5) is 4.39 Å². The topological polar surface area (TPSA) is 63.2 Å². The fourth-order valence-corrected chi connectivity index (χ4v) is 2.56. The van der Waals surface area contributed by atoms with Gasteiger partial charge in [-0.1, -0.05) is 6.07 Å². The summed E-state index contributed by atoms with van der Waals surface area (Å²) in [6.45, 7) is 0.120. The maximum atomic E-state index is 14.5. The summed E-state index contributed by atoms with van der Waals surface area (Å²) in [6, 6.07) is 7.69. The molecule has 0 unspecified atom stereocenters. The van der Waals surface area contributed by atoms with Crippen LogP contribution in [0, 0.1) is 0 Å². The van der Waals surface area contributed by atoms with Gasteiger partial charge in [0, 0.05) is 5.56 Å². The molecule has 0 bridgehead atoms. The summed E-state index contributed by atoms with van der Waals surface area (Å²) in [5, 5.41) is 0. The molecule has 136 valence electrons. The minimum atomic E-state index is -0.932. The molecule has 26 heavy (non-hydrogen) atoms. The van der Waals surface area contributed by atoms with Gasteiger partial charge in [0.2, 0.25) is 18.3 Å². The largest absolute Gasteiger partial charge is 0.493 e. The van der Waals surface area contributed by atoms with Crippen molar-refractivity contribution < 1.29 is 32.9 Å². The number of hydrogen-bond acceptors (Lipinski definition) is 6. The van der Waals surface area contributed by atoms with Gasteiger partial charge in [-0.3, -0.25) is 4.79 Å². The minimum absolute atomic E-state index is 0.0778. The highest BCUT2D eigenvalue weighted by molar-refractivity contribution is 6.10. The quantitative estimate of drug-likeness (QED) is 0.579. The number of carbonyl (C=O) groups is 1. The van der Waals surface area contributed by atoms with Crippen LogP contribution in [0.3, 0.4) is 0 Å². The van der Waals surface area contributed by atoms with Gasteiger partial charge in [-0.15, -0.1) is 0 Å². The maximum absolute atomic E-state index is 14.5. The molecular weight excluding hydrogens is 343 g/mol. The molecule has 0 aliphatic carbocycles. The van der Waals surface area contributed by atoms with Gasteiger partial charge in [-0.25, -0.2) is 4.39 Å². The number of methoxy groups -OCH3 is 3. The Kier molecular flexibility index (Phi) is 4.97. The normalized spacial score (nSPS) is 12.7. The van der Waals surface area contributed by atoms with Gasteiger partial charge in [0.15, 0.2) is 28.8 Å². The highest BCUT2D eigenvalue weighted by atomic mass is 19.1. The van der Waals surface area contributed by atoms with Crippen LogP contribution < -0.4 is 23.7 Å². The Balaban J connectivity index is 1.93. The van der Waals surface area contributed by atoms with E-state index >= 15 is 0 Å². The lowest BCUT2D eigenvalue weighted by atomic mass is 10.1. The van der Waals surface area contributed by atoms with Crippen molar-refractivity contribution in [2.24, 2.45) is 0 Å². The number of allylic oxidation sites excluding steroid dienone is 1. The SMILES string of the molecule is COc1cc(C(=O)/C(F)=C/c2ccc3c(c2)OCO3)cc(OC)c1OC. The molecule has 1 aliphatic heterocycles. The first-order valence-electron chi connectivity index (χ1n) is 7.69. The van der Waals surface area contributed by atoms with Gasteiger partial charge in [0.05, 0.1) is 21.3 Å². The van der Waals surface area contributed by atoms with Gasteiger partial charge in [0.1, 0.15) is 0 Å². The van der Waals surface area contributed by atoms with Gasteiger partial charge in [-0.2, -0.15) is 0 Å². The van der Waals surface area contributed by atoms with E-state index in [2.05, 4.69) is 0 Å². The fourth-order valence-electron chi connectivity index (χ4n) is 2.56. The minimum Gasteiger partial charge on any atom is -0.493 e. The molecule has 0 saturated heterocycles. The number of Topliss-reactive ketones (excluding diaryl/α,β-unsaturated/α-hetero) is 1. The van der Waals surface area contributed by atoms with Crippen LogP contribution in [0.5, 0.6) is 28.7 Å². The van der Waals surface area contributed by atoms with E-state index in [0.717, 1.165) is 6.08 Å². The lowest BCUT2D eigenvalue weighted by Crippen LogP contribution is -2.03. The Hall–Kier alpha value is -3.22. The molecule has 0 saturated carbocycles. The molecular formula is C19H17FO6. The Bertz CT molecular complexity index is 849. The van der Waals surface area contributed by atoms with E-state index in [1.165, 1.54) is 33.5 Å². The lowest BCUT2D eigenvalue weighted by molar-refractivity contribution is 0.101. The number of halogens is 1. The number of benzene rings is 2. The Morgan fingerprint density at radius 2 is 1.65 bits per heavy atom. The third-order valence-corrected chi connectivity index (χ3v) is 3.83. The van der Waals surface area contributed by atoms with Crippen molar-refractivity contribution in [2.45, 2.75) is 0 Å². The van der Waals surface area contributed by atoms with Crippen molar-refractivity contribution in [3.8, 4) is 28.7 Å². The van der Waals surface area contributed by atoms with Gasteiger partial charge < -0.3 is 23.7 Å². The van der Waals surface area contributed by atoms with Gasteiger partial charge in [0.25, 0.3) is 0 Å². The smallest absolute Gasteiger partial charge is 0.231 e.